The summed E-state index contributed by atoms with van der Waals surface area (Å²) >= 11 is 0. The zero-order valence-electron chi connectivity index (χ0n) is 18.0. The van der Waals surface area contributed by atoms with Gasteiger partial charge in [-0.1, -0.05) is 18.2 Å². The van der Waals surface area contributed by atoms with Crippen LogP contribution in [0.4, 0.5) is 26.1 Å². The van der Waals surface area contributed by atoms with Gasteiger partial charge in [0.05, 0.1) is 30.4 Å². The van der Waals surface area contributed by atoms with E-state index in [9.17, 15) is 8.78 Å². The molecule has 0 amide bonds. The van der Waals surface area contributed by atoms with Gasteiger partial charge in [0.15, 0.2) is 5.82 Å². The maximum atomic E-state index is 13.8. The third-order valence-corrected chi connectivity index (χ3v) is 5.63. The van der Waals surface area contributed by atoms with Gasteiger partial charge >= 0.3 is 0 Å². The van der Waals surface area contributed by atoms with Gasteiger partial charge in [-0.15, -0.1) is 0 Å². The number of halogens is 2. The van der Waals surface area contributed by atoms with Crippen molar-refractivity contribution in [3.05, 3.63) is 61.1 Å². The molecule has 9 heteroatoms. The molecule has 1 aromatic carbocycles. The van der Waals surface area contributed by atoms with E-state index in [2.05, 4.69) is 15.3 Å². The van der Waals surface area contributed by atoms with Crippen LogP contribution in [-0.2, 0) is 0 Å². The molecule has 5 rings (SSSR count). The lowest BCUT2D eigenvalue weighted by atomic mass is 10.1. The van der Waals surface area contributed by atoms with Crippen molar-refractivity contribution >= 4 is 28.2 Å². The maximum Gasteiger partial charge on any atom is 0.251 e. The average molecular weight is 448 g/mol. The summed E-state index contributed by atoms with van der Waals surface area (Å²) in [5.41, 5.74) is 2.24. The van der Waals surface area contributed by atoms with Crippen molar-refractivity contribution in [1.29, 1.82) is 0 Å². The van der Waals surface area contributed by atoms with E-state index in [4.69, 9.17) is 14.7 Å². The summed E-state index contributed by atoms with van der Waals surface area (Å²) in [4.78, 5) is 20.0. The highest BCUT2D eigenvalue weighted by Gasteiger charge is 2.35. The number of hydrogen-bond donors (Lipinski definition) is 1. The summed E-state index contributed by atoms with van der Waals surface area (Å²) < 4.78 is 33.1. The van der Waals surface area contributed by atoms with Crippen molar-refractivity contribution in [2.45, 2.75) is 18.8 Å². The molecule has 0 aliphatic carbocycles. The molecule has 4 aromatic rings. The minimum absolute atomic E-state index is 0.196. The van der Waals surface area contributed by atoms with Crippen LogP contribution in [0, 0.1) is 0 Å². The Bertz CT molecular complexity index is 1270. The van der Waals surface area contributed by atoms with Gasteiger partial charge in [0, 0.05) is 43.4 Å². The Balaban J connectivity index is 1.58. The Labute approximate surface area is 189 Å². The second kappa shape index (κ2) is 8.57. The molecule has 0 spiro atoms. The van der Waals surface area contributed by atoms with Crippen molar-refractivity contribution in [3.63, 3.8) is 0 Å². The second-order valence-corrected chi connectivity index (χ2v) is 7.87. The van der Waals surface area contributed by atoms with Crippen LogP contribution in [0.3, 0.4) is 0 Å². The van der Waals surface area contributed by atoms with Gasteiger partial charge in [0.25, 0.3) is 5.92 Å². The third kappa shape index (κ3) is 4.39. The summed E-state index contributed by atoms with van der Waals surface area (Å²) in [6, 6.07) is 13.4. The SMILES string of the molecule is COc1cncc2nc(-c3ccnc(Nc4ccccc4)c3)nc(N3CCC(F)(F)CC3)c12. The minimum Gasteiger partial charge on any atom is -0.494 e. The molecule has 1 saturated heterocycles. The minimum atomic E-state index is -2.66. The zero-order valence-corrected chi connectivity index (χ0v) is 18.0. The van der Waals surface area contributed by atoms with E-state index in [0.717, 1.165) is 11.3 Å². The number of aromatic nitrogens is 4. The van der Waals surface area contributed by atoms with Crippen LogP contribution in [0.5, 0.6) is 5.75 Å². The number of fused-ring (bicyclic) bond motifs is 1. The van der Waals surface area contributed by atoms with Crippen molar-refractivity contribution < 1.29 is 13.5 Å². The molecule has 0 bridgehead atoms. The molecular weight excluding hydrogens is 426 g/mol. The molecule has 168 valence electrons. The molecule has 1 fully saturated rings. The number of alkyl halides is 2. The van der Waals surface area contributed by atoms with Gasteiger partial charge in [-0.05, 0) is 24.3 Å². The predicted octanol–water partition coefficient (Wildman–Crippen LogP) is 5.07. The highest BCUT2D eigenvalue weighted by Crippen LogP contribution is 2.37. The number of nitrogens with one attached hydrogen (secondary N) is 1. The van der Waals surface area contributed by atoms with E-state index in [1.54, 1.807) is 25.7 Å². The summed E-state index contributed by atoms with van der Waals surface area (Å²) in [5, 5.41) is 3.93. The van der Waals surface area contributed by atoms with Crippen LogP contribution in [0.25, 0.3) is 22.3 Å². The Morgan fingerprint density at radius 3 is 2.58 bits per heavy atom. The van der Waals surface area contributed by atoms with Crippen LogP contribution in [0.1, 0.15) is 12.8 Å². The smallest absolute Gasteiger partial charge is 0.251 e. The monoisotopic (exact) mass is 448 g/mol. The van der Waals surface area contributed by atoms with Crippen LogP contribution >= 0.6 is 0 Å². The number of hydrogen-bond acceptors (Lipinski definition) is 7. The van der Waals surface area contributed by atoms with Crippen molar-refractivity contribution in [2.75, 3.05) is 30.4 Å². The van der Waals surface area contributed by atoms with E-state index in [0.29, 0.717) is 34.1 Å². The van der Waals surface area contributed by atoms with Crippen LogP contribution < -0.4 is 15.0 Å². The Hall–Kier alpha value is -3.88. The number of rotatable bonds is 5. The number of benzene rings is 1. The summed E-state index contributed by atoms with van der Waals surface area (Å²) in [5.74, 6) is -0.475. The van der Waals surface area contributed by atoms with Gasteiger partial charge in [0.1, 0.15) is 17.4 Å². The highest BCUT2D eigenvalue weighted by atomic mass is 19.3. The molecule has 0 radical (unpaired) electrons. The van der Waals surface area contributed by atoms with Gasteiger partial charge < -0.3 is 15.0 Å². The fraction of sp³-hybridized carbons (Fsp3) is 0.250. The van der Waals surface area contributed by atoms with Crippen LogP contribution in [0.15, 0.2) is 61.1 Å². The predicted molar refractivity (Wildman–Crippen MR) is 123 cm³/mol. The van der Waals surface area contributed by atoms with Crippen LogP contribution in [-0.4, -0.2) is 46.1 Å². The molecule has 0 unspecified atom stereocenters. The van der Waals surface area contributed by atoms with Gasteiger partial charge in [-0.3, -0.25) is 4.98 Å². The lowest BCUT2D eigenvalue weighted by molar-refractivity contribution is -0.0221. The van der Waals surface area contributed by atoms with Gasteiger partial charge in [-0.2, -0.15) is 0 Å². The standard InChI is InChI=1S/C24H22F2N6O/c1-33-19-15-27-14-18-21(19)23(32-11-8-24(25,26)9-12-32)31-22(30-18)16-7-10-28-20(13-16)29-17-5-3-2-4-6-17/h2-7,10,13-15H,8-9,11-12H2,1H3,(H,28,29). The first-order valence-electron chi connectivity index (χ1n) is 10.6. The van der Waals surface area contributed by atoms with E-state index in [1.165, 1.54) is 0 Å². The number of anilines is 3. The number of ether oxygens (including phenoxy) is 1. The van der Waals surface area contributed by atoms with Crippen molar-refractivity contribution in [3.8, 4) is 17.1 Å². The topological polar surface area (TPSA) is 76.1 Å². The zero-order chi connectivity index (χ0) is 22.8. The number of pyridine rings is 2. The first kappa shape index (κ1) is 21.0. The number of nitrogens with zero attached hydrogens (tertiary/aromatic N) is 5. The average Bonchev–Trinajstić information content (AvgIpc) is 2.84. The number of piperidine rings is 1. The van der Waals surface area contributed by atoms with E-state index in [1.807, 2.05) is 47.4 Å². The first-order valence-corrected chi connectivity index (χ1v) is 10.6. The molecule has 0 atom stereocenters. The Kier molecular flexibility index (Phi) is 5.45. The van der Waals surface area contributed by atoms with Crippen molar-refractivity contribution in [2.24, 2.45) is 0 Å². The number of para-hydroxylation sites is 1. The third-order valence-electron chi connectivity index (χ3n) is 5.63. The molecular formula is C24H22F2N6O. The maximum absolute atomic E-state index is 13.8. The summed E-state index contributed by atoms with van der Waals surface area (Å²) in [6.45, 7) is 0.391. The van der Waals surface area contributed by atoms with Gasteiger partial charge in [-0.25, -0.2) is 23.7 Å². The normalized spacial score (nSPS) is 15.4. The van der Waals surface area contributed by atoms with Gasteiger partial charge in [0.2, 0.25) is 0 Å². The highest BCUT2D eigenvalue weighted by molar-refractivity contribution is 5.95. The van der Waals surface area contributed by atoms with E-state index in [-0.39, 0.29) is 25.9 Å². The van der Waals surface area contributed by atoms with Crippen molar-refractivity contribution in [1.82, 2.24) is 19.9 Å². The first-order chi connectivity index (χ1) is 16.0. The fourth-order valence-electron chi connectivity index (χ4n) is 3.90. The largest absolute Gasteiger partial charge is 0.494 e. The molecule has 1 aliphatic heterocycles. The second-order valence-electron chi connectivity index (χ2n) is 7.87. The number of methoxy groups -OCH3 is 1. The quantitative estimate of drug-likeness (QED) is 0.457. The lowest BCUT2D eigenvalue weighted by Crippen LogP contribution is -2.40. The molecule has 0 saturated carbocycles. The van der Waals surface area contributed by atoms with E-state index >= 15 is 0 Å². The molecule has 4 heterocycles. The Morgan fingerprint density at radius 1 is 1.03 bits per heavy atom. The molecule has 1 aliphatic rings. The molecule has 33 heavy (non-hydrogen) atoms. The van der Waals surface area contributed by atoms with Crippen LogP contribution in [0.2, 0.25) is 0 Å². The fourth-order valence-corrected chi connectivity index (χ4v) is 3.90. The molecule has 3 aromatic heterocycles. The lowest BCUT2D eigenvalue weighted by Gasteiger charge is -2.33. The molecule has 1 N–H and O–H groups in total. The molecule has 7 nitrogen and oxygen atoms in total. The van der Waals surface area contributed by atoms with E-state index < -0.39 is 5.92 Å². The Morgan fingerprint density at radius 2 is 1.82 bits per heavy atom. The summed E-state index contributed by atoms with van der Waals surface area (Å²) in [7, 11) is 1.54. The summed E-state index contributed by atoms with van der Waals surface area (Å²) in [6.07, 6.45) is 4.46.